The van der Waals surface area contributed by atoms with Crippen molar-refractivity contribution >= 4 is 11.6 Å². The molecule has 0 radical (unpaired) electrons. The minimum atomic E-state index is 0.304. The van der Waals surface area contributed by atoms with Crippen molar-refractivity contribution in [3.63, 3.8) is 0 Å². The van der Waals surface area contributed by atoms with E-state index in [0.717, 1.165) is 23.8 Å². The average Bonchev–Trinajstić information content (AvgIpc) is 2.39. The predicted octanol–water partition coefficient (Wildman–Crippen LogP) is 4.66. The third-order valence-corrected chi connectivity index (χ3v) is 4.49. The van der Waals surface area contributed by atoms with Gasteiger partial charge in [0.05, 0.1) is 0 Å². The van der Waals surface area contributed by atoms with Gasteiger partial charge < -0.3 is 4.74 Å². The maximum atomic E-state index is 6.14. The lowest BCUT2D eigenvalue weighted by molar-refractivity contribution is 0.0426. The third-order valence-electron chi connectivity index (χ3n) is 4.19. The van der Waals surface area contributed by atoms with E-state index in [4.69, 9.17) is 16.3 Å². The minimum Gasteiger partial charge on any atom is -0.474 e. The van der Waals surface area contributed by atoms with E-state index in [1.54, 1.807) is 6.20 Å². The third kappa shape index (κ3) is 3.85. The first-order valence-electron chi connectivity index (χ1n) is 7.27. The molecule has 0 spiro atoms. The molecule has 1 aromatic rings. The van der Waals surface area contributed by atoms with Crippen molar-refractivity contribution in [2.75, 3.05) is 0 Å². The number of alkyl halides is 1. The lowest BCUT2D eigenvalue weighted by Crippen LogP contribution is -2.36. The molecule has 0 aliphatic heterocycles. The number of pyridine rings is 1. The van der Waals surface area contributed by atoms with Crippen LogP contribution in [0.15, 0.2) is 18.3 Å². The topological polar surface area (TPSA) is 22.1 Å². The summed E-state index contributed by atoms with van der Waals surface area (Å²) in [7, 11) is 0. The van der Waals surface area contributed by atoms with Crippen LogP contribution in [0, 0.1) is 17.8 Å². The minimum absolute atomic E-state index is 0.304. The van der Waals surface area contributed by atoms with E-state index < -0.39 is 0 Å². The molecule has 1 aliphatic rings. The van der Waals surface area contributed by atoms with Crippen LogP contribution in [0.2, 0.25) is 0 Å². The molecule has 3 heteroatoms. The molecule has 3 unspecified atom stereocenters. The fourth-order valence-electron chi connectivity index (χ4n) is 2.96. The number of nitrogens with zero attached hydrogens (tertiary/aromatic N) is 1. The first-order chi connectivity index (χ1) is 9.10. The molecule has 0 N–H and O–H groups in total. The summed E-state index contributed by atoms with van der Waals surface area (Å²) in [6.45, 7) is 6.90. The highest BCUT2D eigenvalue weighted by Crippen LogP contribution is 2.35. The number of rotatable bonds is 4. The summed E-state index contributed by atoms with van der Waals surface area (Å²) in [4.78, 5) is 4.36. The smallest absolute Gasteiger partial charge is 0.213 e. The van der Waals surface area contributed by atoms with Gasteiger partial charge in [0.25, 0.3) is 0 Å². The van der Waals surface area contributed by atoms with E-state index in [1.807, 2.05) is 12.1 Å². The van der Waals surface area contributed by atoms with E-state index in [-0.39, 0.29) is 0 Å². The van der Waals surface area contributed by atoms with Gasteiger partial charge in [-0.25, -0.2) is 4.98 Å². The molecule has 1 fully saturated rings. The van der Waals surface area contributed by atoms with Crippen molar-refractivity contribution in [2.45, 2.75) is 52.0 Å². The summed E-state index contributed by atoms with van der Waals surface area (Å²) in [5.41, 5.74) is 1.03. The summed E-state index contributed by atoms with van der Waals surface area (Å²) in [5.74, 6) is 3.30. The number of hydrogen-bond donors (Lipinski definition) is 0. The van der Waals surface area contributed by atoms with Crippen LogP contribution in [0.5, 0.6) is 5.88 Å². The standard InChI is InChI=1S/C16H24ClNO/c1-11(2)14-6-4-12(3)8-15(14)19-16-7-5-13(9-17)10-18-16/h5,7,10-12,14-15H,4,6,8-9H2,1-3H3. The van der Waals surface area contributed by atoms with Gasteiger partial charge in [0.1, 0.15) is 6.10 Å². The van der Waals surface area contributed by atoms with Crippen LogP contribution >= 0.6 is 11.6 Å². The van der Waals surface area contributed by atoms with Gasteiger partial charge in [0.2, 0.25) is 5.88 Å². The molecule has 3 atom stereocenters. The zero-order valence-corrected chi connectivity index (χ0v) is 12.9. The van der Waals surface area contributed by atoms with E-state index in [2.05, 4.69) is 25.8 Å². The molecule has 1 aromatic heterocycles. The summed E-state index contributed by atoms with van der Waals surface area (Å²) < 4.78 is 6.14. The van der Waals surface area contributed by atoms with E-state index >= 15 is 0 Å². The Morgan fingerprint density at radius 3 is 2.74 bits per heavy atom. The zero-order valence-electron chi connectivity index (χ0n) is 12.1. The fourth-order valence-corrected chi connectivity index (χ4v) is 3.12. The van der Waals surface area contributed by atoms with Crippen molar-refractivity contribution in [3.05, 3.63) is 23.9 Å². The van der Waals surface area contributed by atoms with Crippen molar-refractivity contribution in [2.24, 2.45) is 17.8 Å². The van der Waals surface area contributed by atoms with Gasteiger partial charge in [-0.05, 0) is 36.2 Å². The summed E-state index contributed by atoms with van der Waals surface area (Å²) in [6, 6.07) is 3.93. The number of ether oxygens (including phenoxy) is 1. The van der Waals surface area contributed by atoms with Gasteiger partial charge in [0.15, 0.2) is 0 Å². The average molecular weight is 282 g/mol. The predicted molar refractivity (Wildman–Crippen MR) is 79.6 cm³/mol. The second-order valence-corrected chi connectivity index (χ2v) is 6.39. The van der Waals surface area contributed by atoms with Crippen LogP contribution in [0.25, 0.3) is 0 Å². The Morgan fingerprint density at radius 1 is 1.37 bits per heavy atom. The summed E-state index contributed by atoms with van der Waals surface area (Å²) in [5, 5.41) is 0. The Kier molecular flexibility index (Phi) is 5.09. The molecular formula is C16H24ClNO. The van der Waals surface area contributed by atoms with Gasteiger partial charge in [-0.3, -0.25) is 0 Å². The van der Waals surface area contributed by atoms with Crippen molar-refractivity contribution < 1.29 is 4.74 Å². The molecule has 0 amide bonds. The maximum absolute atomic E-state index is 6.14. The molecule has 1 aliphatic carbocycles. The first kappa shape index (κ1) is 14.6. The summed E-state index contributed by atoms with van der Waals surface area (Å²) >= 11 is 5.77. The van der Waals surface area contributed by atoms with Crippen LogP contribution in [0.4, 0.5) is 0 Å². The summed E-state index contributed by atoms with van der Waals surface area (Å²) in [6.07, 6.45) is 5.84. The van der Waals surface area contributed by atoms with Crippen LogP contribution < -0.4 is 4.74 Å². The first-order valence-corrected chi connectivity index (χ1v) is 7.81. The Hall–Kier alpha value is -0.760. The largest absolute Gasteiger partial charge is 0.474 e. The van der Waals surface area contributed by atoms with Crippen LogP contribution in [-0.2, 0) is 5.88 Å². The molecule has 0 aromatic carbocycles. The Labute approximate surface area is 121 Å². The lowest BCUT2D eigenvalue weighted by Gasteiger charge is -2.37. The van der Waals surface area contributed by atoms with Crippen LogP contribution in [-0.4, -0.2) is 11.1 Å². The van der Waals surface area contributed by atoms with E-state index in [0.29, 0.717) is 23.8 Å². The van der Waals surface area contributed by atoms with Gasteiger partial charge in [-0.15, -0.1) is 11.6 Å². The van der Waals surface area contributed by atoms with Crippen LogP contribution in [0.1, 0.15) is 45.6 Å². The molecule has 0 saturated heterocycles. The van der Waals surface area contributed by atoms with Gasteiger partial charge >= 0.3 is 0 Å². The van der Waals surface area contributed by atoms with Crippen LogP contribution in [0.3, 0.4) is 0 Å². The Balaban J connectivity index is 2.05. The molecule has 19 heavy (non-hydrogen) atoms. The fraction of sp³-hybridized carbons (Fsp3) is 0.688. The monoisotopic (exact) mass is 281 g/mol. The van der Waals surface area contributed by atoms with E-state index in [9.17, 15) is 0 Å². The van der Waals surface area contributed by atoms with E-state index in [1.165, 1.54) is 12.8 Å². The highest BCUT2D eigenvalue weighted by molar-refractivity contribution is 6.17. The normalized spacial score (nSPS) is 27.5. The second kappa shape index (κ2) is 6.60. The number of aromatic nitrogens is 1. The van der Waals surface area contributed by atoms with Crippen molar-refractivity contribution in [3.8, 4) is 5.88 Å². The SMILES string of the molecule is CC1CCC(C(C)C)C(Oc2ccc(CCl)cn2)C1. The second-order valence-electron chi connectivity index (χ2n) is 6.12. The highest BCUT2D eigenvalue weighted by atomic mass is 35.5. The Bertz CT molecular complexity index is 390. The number of halogens is 1. The molecule has 2 nitrogen and oxygen atoms in total. The number of hydrogen-bond acceptors (Lipinski definition) is 2. The molecule has 1 heterocycles. The van der Waals surface area contributed by atoms with Crippen molar-refractivity contribution in [1.82, 2.24) is 4.98 Å². The highest BCUT2D eigenvalue weighted by Gasteiger charge is 2.32. The zero-order chi connectivity index (χ0) is 13.8. The quantitative estimate of drug-likeness (QED) is 0.749. The van der Waals surface area contributed by atoms with Crippen molar-refractivity contribution in [1.29, 1.82) is 0 Å². The molecular weight excluding hydrogens is 258 g/mol. The van der Waals surface area contributed by atoms with Gasteiger partial charge in [0, 0.05) is 18.1 Å². The van der Waals surface area contributed by atoms with Gasteiger partial charge in [-0.2, -0.15) is 0 Å². The molecule has 2 rings (SSSR count). The lowest BCUT2D eigenvalue weighted by atomic mass is 9.75. The molecule has 1 saturated carbocycles. The molecule has 106 valence electrons. The maximum Gasteiger partial charge on any atom is 0.213 e. The van der Waals surface area contributed by atoms with Gasteiger partial charge in [-0.1, -0.05) is 33.3 Å². The molecule has 0 bridgehead atoms. The Morgan fingerprint density at radius 2 is 2.16 bits per heavy atom.